The molecular formula is C18H22Cl3NO2S. The second-order valence-electron chi connectivity index (χ2n) is 5.56. The Labute approximate surface area is 164 Å². The van der Waals surface area contributed by atoms with E-state index in [4.69, 9.17) is 39.6 Å². The number of aryl methyl sites for hydroxylation is 2. The number of halogens is 3. The summed E-state index contributed by atoms with van der Waals surface area (Å²) in [5, 5.41) is 0.849. The minimum atomic E-state index is -3.72. The Bertz CT molecular complexity index is 808. The van der Waals surface area contributed by atoms with E-state index in [-0.39, 0.29) is 9.92 Å². The first-order valence-corrected chi connectivity index (χ1v) is 11.0. The first kappa shape index (κ1) is 22.1. The molecule has 0 aromatic heterocycles. The van der Waals surface area contributed by atoms with E-state index in [0.29, 0.717) is 10.7 Å². The van der Waals surface area contributed by atoms with Crippen molar-refractivity contribution in [1.82, 2.24) is 0 Å². The molecular weight excluding hydrogens is 401 g/mol. The second-order valence-corrected chi connectivity index (χ2v) is 8.91. The van der Waals surface area contributed by atoms with Crippen molar-refractivity contribution in [3.05, 3.63) is 57.6 Å². The molecule has 0 saturated heterocycles. The van der Waals surface area contributed by atoms with Gasteiger partial charge in [-0.3, -0.25) is 0 Å². The molecule has 0 unspecified atom stereocenters. The smallest absolute Gasteiger partial charge is 0.262 e. The van der Waals surface area contributed by atoms with Crippen LogP contribution in [0.2, 0.25) is 10.0 Å². The molecule has 0 bridgehead atoms. The Balaban J connectivity index is 0.000000257. The molecule has 0 aliphatic rings. The predicted molar refractivity (Wildman–Crippen MR) is 108 cm³/mol. The van der Waals surface area contributed by atoms with Crippen LogP contribution in [0, 0.1) is 0 Å². The summed E-state index contributed by atoms with van der Waals surface area (Å²) in [5.41, 5.74) is 8.48. The van der Waals surface area contributed by atoms with Gasteiger partial charge in [-0.1, -0.05) is 62.0 Å². The zero-order valence-electron chi connectivity index (χ0n) is 14.2. The minimum absolute atomic E-state index is 0.0271. The van der Waals surface area contributed by atoms with E-state index >= 15 is 0 Å². The predicted octanol–water partition coefficient (Wildman–Crippen LogP) is 6.09. The molecule has 7 heteroatoms. The molecule has 2 aromatic carbocycles. The lowest BCUT2D eigenvalue weighted by Crippen LogP contribution is -1.93. The molecule has 0 aliphatic carbocycles. The van der Waals surface area contributed by atoms with Crippen LogP contribution in [0.25, 0.3) is 0 Å². The fourth-order valence-electron chi connectivity index (χ4n) is 2.20. The van der Waals surface area contributed by atoms with Gasteiger partial charge in [-0.15, -0.1) is 0 Å². The summed E-state index contributed by atoms with van der Waals surface area (Å²) in [7, 11) is 1.46. The van der Waals surface area contributed by atoms with Gasteiger partial charge >= 0.3 is 0 Å². The number of nitrogens with two attached hydrogens (primary N) is 1. The molecule has 2 aromatic rings. The second kappa shape index (κ2) is 10.3. The Kier molecular flexibility index (Phi) is 9.08. The van der Waals surface area contributed by atoms with Gasteiger partial charge in [-0.25, -0.2) is 8.42 Å². The molecule has 0 fully saturated rings. The Morgan fingerprint density at radius 1 is 0.880 bits per heavy atom. The van der Waals surface area contributed by atoms with Crippen molar-refractivity contribution in [3.63, 3.8) is 0 Å². The van der Waals surface area contributed by atoms with Gasteiger partial charge in [0.2, 0.25) is 0 Å². The van der Waals surface area contributed by atoms with Gasteiger partial charge in [-0.2, -0.15) is 0 Å². The van der Waals surface area contributed by atoms with Crippen molar-refractivity contribution >= 4 is 48.6 Å². The summed E-state index contributed by atoms with van der Waals surface area (Å²) < 4.78 is 22.0. The number of nitrogen functional groups attached to an aromatic ring is 1. The lowest BCUT2D eigenvalue weighted by atomic mass is 10.1. The highest BCUT2D eigenvalue weighted by molar-refractivity contribution is 8.13. The molecule has 2 rings (SSSR count). The van der Waals surface area contributed by atoms with Crippen molar-refractivity contribution in [3.8, 4) is 0 Å². The van der Waals surface area contributed by atoms with Crippen LogP contribution in [0.1, 0.15) is 37.8 Å². The highest BCUT2D eigenvalue weighted by atomic mass is 35.7. The molecule has 0 saturated carbocycles. The van der Waals surface area contributed by atoms with E-state index in [1.165, 1.54) is 11.6 Å². The summed E-state index contributed by atoms with van der Waals surface area (Å²) in [6.45, 7) is 4.18. The van der Waals surface area contributed by atoms with Gasteiger partial charge in [0.1, 0.15) is 4.90 Å². The molecule has 138 valence electrons. The monoisotopic (exact) mass is 421 g/mol. The first-order chi connectivity index (χ1) is 11.7. The fraction of sp³-hybridized carbons (Fsp3) is 0.333. The summed E-state index contributed by atoms with van der Waals surface area (Å²) in [5.74, 6) is 0. The Morgan fingerprint density at radius 2 is 1.36 bits per heavy atom. The van der Waals surface area contributed by atoms with E-state index in [9.17, 15) is 8.42 Å². The van der Waals surface area contributed by atoms with Crippen LogP contribution in [-0.4, -0.2) is 8.42 Å². The van der Waals surface area contributed by atoms with Crippen LogP contribution in [0.4, 0.5) is 5.69 Å². The normalized spacial score (nSPS) is 10.9. The SMILES string of the molecule is CCCc1ccc(N)c(Cl)c1.CCCc1ccc(S(=O)(=O)Cl)c(Cl)c1. The van der Waals surface area contributed by atoms with Crippen molar-refractivity contribution in [2.75, 3.05) is 5.73 Å². The van der Waals surface area contributed by atoms with E-state index in [1.54, 1.807) is 12.1 Å². The van der Waals surface area contributed by atoms with Crippen LogP contribution in [0.15, 0.2) is 41.3 Å². The van der Waals surface area contributed by atoms with Crippen molar-refractivity contribution in [1.29, 1.82) is 0 Å². The third-order valence-electron chi connectivity index (χ3n) is 3.40. The molecule has 25 heavy (non-hydrogen) atoms. The third-order valence-corrected chi connectivity index (χ3v) is 5.53. The topological polar surface area (TPSA) is 60.2 Å². The molecule has 2 N–H and O–H groups in total. The maximum Gasteiger partial charge on any atom is 0.262 e. The third kappa shape index (κ3) is 7.45. The Morgan fingerprint density at radius 3 is 1.76 bits per heavy atom. The summed E-state index contributed by atoms with van der Waals surface area (Å²) in [6.07, 6.45) is 4.08. The molecule has 0 atom stereocenters. The first-order valence-electron chi connectivity index (χ1n) is 7.96. The van der Waals surface area contributed by atoms with Gasteiger partial charge < -0.3 is 5.73 Å². The molecule has 0 radical (unpaired) electrons. The van der Waals surface area contributed by atoms with Crippen LogP contribution < -0.4 is 5.73 Å². The highest BCUT2D eigenvalue weighted by Gasteiger charge is 2.14. The molecule has 0 spiro atoms. The molecule has 0 heterocycles. The number of hydrogen-bond acceptors (Lipinski definition) is 3. The summed E-state index contributed by atoms with van der Waals surface area (Å²) in [6, 6.07) is 10.6. The minimum Gasteiger partial charge on any atom is -0.398 e. The van der Waals surface area contributed by atoms with Crippen molar-refractivity contribution < 1.29 is 8.42 Å². The van der Waals surface area contributed by atoms with Crippen LogP contribution in [0.3, 0.4) is 0 Å². The van der Waals surface area contributed by atoms with Gasteiger partial charge in [0.05, 0.1) is 15.7 Å². The van der Waals surface area contributed by atoms with E-state index in [0.717, 1.165) is 31.2 Å². The lowest BCUT2D eigenvalue weighted by Gasteiger charge is -2.03. The standard InChI is InChI=1S/C9H10Cl2O2S.C9H12ClN/c1-2-3-7-4-5-9(8(10)6-7)14(11,12)13;1-2-3-7-4-5-9(11)8(10)6-7/h4-6H,2-3H2,1H3;4-6H,2-3,11H2,1H3. The molecule has 3 nitrogen and oxygen atoms in total. The van der Waals surface area contributed by atoms with Gasteiger partial charge in [0.15, 0.2) is 0 Å². The van der Waals surface area contributed by atoms with Gasteiger partial charge in [-0.05, 0) is 48.2 Å². The van der Waals surface area contributed by atoms with E-state index in [2.05, 4.69) is 6.92 Å². The van der Waals surface area contributed by atoms with Crippen LogP contribution in [0.5, 0.6) is 0 Å². The largest absolute Gasteiger partial charge is 0.398 e. The maximum absolute atomic E-state index is 11.0. The zero-order chi connectivity index (χ0) is 19.0. The number of rotatable bonds is 5. The fourth-order valence-corrected chi connectivity index (χ4v) is 3.96. The quantitative estimate of drug-likeness (QED) is 0.468. The van der Waals surface area contributed by atoms with Crippen molar-refractivity contribution in [2.45, 2.75) is 44.4 Å². The summed E-state index contributed by atoms with van der Waals surface area (Å²) >= 11 is 11.6. The van der Waals surface area contributed by atoms with Gasteiger partial charge in [0.25, 0.3) is 9.05 Å². The number of anilines is 1. The van der Waals surface area contributed by atoms with Gasteiger partial charge in [0, 0.05) is 10.7 Å². The van der Waals surface area contributed by atoms with E-state index in [1.807, 2.05) is 25.1 Å². The van der Waals surface area contributed by atoms with E-state index < -0.39 is 9.05 Å². The maximum atomic E-state index is 11.0. The van der Waals surface area contributed by atoms with Crippen LogP contribution >= 0.6 is 33.9 Å². The number of hydrogen-bond donors (Lipinski definition) is 1. The Hall–Kier alpha value is -0.940. The number of benzene rings is 2. The molecule has 0 aliphatic heterocycles. The van der Waals surface area contributed by atoms with Crippen LogP contribution in [-0.2, 0) is 21.9 Å². The van der Waals surface area contributed by atoms with Crippen molar-refractivity contribution in [2.24, 2.45) is 0 Å². The average molecular weight is 423 g/mol. The lowest BCUT2D eigenvalue weighted by molar-refractivity contribution is 0.609. The molecule has 0 amide bonds. The average Bonchev–Trinajstić information content (AvgIpc) is 2.51. The summed E-state index contributed by atoms with van der Waals surface area (Å²) in [4.78, 5) is -0.0271. The zero-order valence-corrected chi connectivity index (χ0v) is 17.3. The highest BCUT2D eigenvalue weighted by Crippen LogP contribution is 2.26.